The van der Waals surface area contributed by atoms with Crippen LogP contribution in [0.2, 0.25) is 0 Å². The van der Waals surface area contributed by atoms with Gasteiger partial charge in [0.15, 0.2) is 17.5 Å². The van der Waals surface area contributed by atoms with Crippen LogP contribution >= 0.6 is 35.3 Å². The summed E-state index contributed by atoms with van der Waals surface area (Å²) in [7, 11) is 1.65. The van der Waals surface area contributed by atoms with E-state index < -0.39 is 6.61 Å². The summed E-state index contributed by atoms with van der Waals surface area (Å²) in [6.45, 7) is 4.37. The lowest BCUT2D eigenvalue weighted by atomic mass is 10.1. The predicted octanol–water partition coefficient (Wildman–Crippen LogP) is 4.82. The average Bonchev–Trinajstić information content (AvgIpc) is 3.10. The number of guanidine groups is 1. The van der Waals surface area contributed by atoms with Gasteiger partial charge in [0.1, 0.15) is 0 Å². The molecule has 0 saturated heterocycles. The summed E-state index contributed by atoms with van der Waals surface area (Å²) in [5, 5.41) is 7.44. The largest absolute Gasteiger partial charge is 0.490 e. The molecule has 1 aromatic heterocycles. The molecule has 168 valence electrons. The molecule has 1 aromatic carbocycles. The molecule has 1 heterocycles. The number of aliphatic imine (C=N–C) groups is 1. The number of benzene rings is 1. The average molecular weight is 554 g/mol. The van der Waals surface area contributed by atoms with Gasteiger partial charge < -0.3 is 20.1 Å². The van der Waals surface area contributed by atoms with Crippen LogP contribution in [0.5, 0.6) is 11.5 Å². The first kappa shape index (κ1) is 26.3. The third-order valence-electron chi connectivity index (χ3n) is 3.85. The summed E-state index contributed by atoms with van der Waals surface area (Å²) in [5.41, 5.74) is 0.552. The van der Waals surface area contributed by atoms with E-state index in [2.05, 4.69) is 34.5 Å². The lowest BCUT2D eigenvalue weighted by molar-refractivity contribution is -0.0520. The number of hydrogen-bond acceptors (Lipinski definition) is 5. The zero-order valence-electron chi connectivity index (χ0n) is 17.6. The molecule has 0 aliphatic carbocycles. The number of hydrogen-bond donors (Lipinski definition) is 2. The van der Waals surface area contributed by atoms with Crippen molar-refractivity contribution in [2.24, 2.45) is 10.9 Å². The molecular formula is C20H29F2IN4O2S. The highest BCUT2D eigenvalue weighted by Gasteiger charge is 2.16. The van der Waals surface area contributed by atoms with Crippen LogP contribution in [0.25, 0.3) is 0 Å². The topological polar surface area (TPSA) is 67.8 Å². The van der Waals surface area contributed by atoms with Crippen molar-refractivity contribution in [1.29, 1.82) is 0 Å². The fourth-order valence-electron chi connectivity index (χ4n) is 2.64. The first-order valence-corrected chi connectivity index (χ1v) is 10.3. The van der Waals surface area contributed by atoms with Crippen molar-refractivity contribution in [2.45, 2.75) is 46.9 Å². The van der Waals surface area contributed by atoms with Gasteiger partial charge in [-0.2, -0.15) is 8.78 Å². The second-order valence-electron chi connectivity index (χ2n) is 6.65. The first-order chi connectivity index (χ1) is 13.9. The van der Waals surface area contributed by atoms with Crippen LogP contribution in [0.1, 0.15) is 36.2 Å². The van der Waals surface area contributed by atoms with Crippen molar-refractivity contribution < 1.29 is 18.3 Å². The molecule has 0 radical (unpaired) electrons. The number of ether oxygens (including phenoxy) is 2. The van der Waals surface area contributed by atoms with Gasteiger partial charge >= 0.3 is 6.61 Å². The van der Waals surface area contributed by atoms with Gasteiger partial charge in [-0.05, 0) is 18.9 Å². The highest BCUT2D eigenvalue weighted by Crippen LogP contribution is 2.32. The maximum Gasteiger partial charge on any atom is 0.387 e. The highest BCUT2D eigenvalue weighted by molar-refractivity contribution is 14.0. The molecule has 2 N–H and O–H groups in total. The predicted molar refractivity (Wildman–Crippen MR) is 127 cm³/mol. The number of aromatic nitrogens is 1. The van der Waals surface area contributed by atoms with Crippen molar-refractivity contribution in [3.05, 3.63) is 39.8 Å². The normalized spacial score (nSPS) is 11.4. The Labute approximate surface area is 197 Å². The maximum absolute atomic E-state index is 12.8. The summed E-state index contributed by atoms with van der Waals surface area (Å²) in [5.74, 6) is 1.44. The minimum absolute atomic E-state index is 0. The smallest absolute Gasteiger partial charge is 0.387 e. The van der Waals surface area contributed by atoms with Gasteiger partial charge in [-0.25, -0.2) is 4.98 Å². The van der Waals surface area contributed by atoms with E-state index in [0.717, 1.165) is 16.3 Å². The van der Waals surface area contributed by atoms with Crippen LogP contribution in [0.15, 0.2) is 29.4 Å². The second-order valence-corrected chi connectivity index (χ2v) is 7.85. The number of rotatable bonds is 10. The molecule has 0 aliphatic rings. The quantitative estimate of drug-likeness (QED) is 0.251. The van der Waals surface area contributed by atoms with Gasteiger partial charge in [-0.3, -0.25) is 4.99 Å². The molecule has 0 fully saturated rings. The molecule has 0 bridgehead atoms. The minimum atomic E-state index is -2.93. The Balaban J connectivity index is 0.00000450. The minimum Gasteiger partial charge on any atom is -0.490 e. The molecule has 0 amide bonds. The fraction of sp³-hybridized carbons (Fsp3) is 0.500. The maximum atomic E-state index is 12.8. The Kier molecular flexibility index (Phi) is 11.9. The number of halogens is 3. The highest BCUT2D eigenvalue weighted by atomic mass is 127. The van der Waals surface area contributed by atoms with E-state index in [1.54, 1.807) is 43.5 Å². The molecule has 0 aliphatic heterocycles. The molecular weight excluding hydrogens is 525 g/mol. The van der Waals surface area contributed by atoms with Crippen LogP contribution in [-0.2, 0) is 19.5 Å². The molecule has 10 heteroatoms. The van der Waals surface area contributed by atoms with Crippen LogP contribution in [0, 0.1) is 5.92 Å². The Morgan fingerprint density at radius 3 is 2.60 bits per heavy atom. The van der Waals surface area contributed by atoms with Gasteiger partial charge in [-0.15, -0.1) is 35.3 Å². The standard InChI is InChI=1S/C20H28F2N4O2S.HI/c1-5-27-16-8-6-7-14(18(16)28-19(21)22)10-25-20(23-4)26-12-15-11-24-17(29-15)9-13(2)3;/h6-8,11,13,19H,5,9-10,12H2,1-4H3,(H2,23,25,26);1H. The second kappa shape index (κ2) is 13.6. The number of nitrogens with one attached hydrogen (secondary N) is 2. The SMILES string of the molecule is CCOc1cccc(CNC(=NC)NCc2cnc(CC(C)C)s2)c1OC(F)F.I. The molecule has 30 heavy (non-hydrogen) atoms. The number of alkyl halides is 2. The summed E-state index contributed by atoms with van der Waals surface area (Å²) in [6.07, 6.45) is 2.82. The Hall–Kier alpha value is -1.69. The van der Waals surface area contributed by atoms with E-state index in [0.29, 0.717) is 30.6 Å². The zero-order chi connectivity index (χ0) is 21.2. The van der Waals surface area contributed by atoms with Crippen LogP contribution in [-0.4, -0.2) is 31.2 Å². The summed E-state index contributed by atoms with van der Waals surface area (Å²) in [6, 6.07) is 5.06. The first-order valence-electron chi connectivity index (χ1n) is 9.50. The molecule has 0 atom stereocenters. The van der Waals surface area contributed by atoms with Crippen molar-refractivity contribution in [2.75, 3.05) is 13.7 Å². The summed E-state index contributed by atoms with van der Waals surface area (Å²) in [4.78, 5) is 9.72. The lowest BCUT2D eigenvalue weighted by Gasteiger charge is -2.17. The van der Waals surface area contributed by atoms with Crippen molar-refractivity contribution in [3.63, 3.8) is 0 Å². The third kappa shape index (κ3) is 8.58. The van der Waals surface area contributed by atoms with Crippen molar-refractivity contribution in [1.82, 2.24) is 15.6 Å². The van der Waals surface area contributed by atoms with Crippen LogP contribution < -0.4 is 20.1 Å². The Morgan fingerprint density at radius 1 is 1.23 bits per heavy atom. The fourth-order valence-corrected chi connectivity index (χ4v) is 3.71. The van der Waals surface area contributed by atoms with Crippen molar-refractivity contribution in [3.8, 4) is 11.5 Å². The molecule has 0 spiro atoms. The molecule has 2 rings (SSSR count). The molecule has 6 nitrogen and oxygen atoms in total. The Bertz CT molecular complexity index is 803. The van der Waals surface area contributed by atoms with Crippen LogP contribution in [0.4, 0.5) is 8.78 Å². The van der Waals surface area contributed by atoms with Crippen LogP contribution in [0.3, 0.4) is 0 Å². The van der Waals surface area contributed by atoms with E-state index in [4.69, 9.17) is 9.47 Å². The van der Waals surface area contributed by atoms with Gasteiger partial charge in [0.25, 0.3) is 0 Å². The molecule has 2 aromatic rings. The van der Waals surface area contributed by atoms with E-state index >= 15 is 0 Å². The molecule has 0 saturated carbocycles. The summed E-state index contributed by atoms with van der Waals surface area (Å²) >= 11 is 1.67. The van der Waals surface area contributed by atoms with Gasteiger partial charge in [0, 0.05) is 36.7 Å². The summed E-state index contributed by atoms with van der Waals surface area (Å²) < 4.78 is 35.8. The lowest BCUT2D eigenvalue weighted by Crippen LogP contribution is -2.36. The van der Waals surface area contributed by atoms with E-state index in [-0.39, 0.29) is 42.0 Å². The van der Waals surface area contributed by atoms with Gasteiger partial charge in [-0.1, -0.05) is 26.0 Å². The third-order valence-corrected chi connectivity index (χ3v) is 4.87. The number of para-hydroxylation sites is 1. The van der Waals surface area contributed by atoms with Gasteiger partial charge in [0.05, 0.1) is 18.2 Å². The molecule has 0 unspecified atom stereocenters. The van der Waals surface area contributed by atoms with Gasteiger partial charge in [0.2, 0.25) is 0 Å². The van der Waals surface area contributed by atoms with E-state index in [1.807, 2.05) is 6.20 Å². The monoisotopic (exact) mass is 554 g/mol. The number of nitrogens with zero attached hydrogens (tertiary/aromatic N) is 2. The number of thiazole rings is 1. The van der Waals surface area contributed by atoms with E-state index in [9.17, 15) is 8.78 Å². The zero-order valence-corrected chi connectivity index (χ0v) is 20.7. The Morgan fingerprint density at radius 2 is 1.97 bits per heavy atom. The van der Waals surface area contributed by atoms with E-state index in [1.165, 1.54) is 0 Å². The van der Waals surface area contributed by atoms with Crippen molar-refractivity contribution >= 4 is 41.3 Å².